The number of rotatable bonds is 11. The second-order valence-corrected chi connectivity index (χ2v) is 7.35. The lowest BCUT2D eigenvalue weighted by Gasteiger charge is -2.24. The van der Waals surface area contributed by atoms with E-state index in [-0.39, 0.29) is 11.8 Å². The predicted molar refractivity (Wildman–Crippen MR) is 94.2 cm³/mol. The zero-order chi connectivity index (χ0) is 18.6. The summed E-state index contributed by atoms with van der Waals surface area (Å²) in [5, 5.41) is 2.61. The standard InChI is InChI=1S/C17H35N3O4/c1-13(2)12-14(19-16(22)24-17(3,4)5)15(21)20-23-11-9-7-6-8-10-18/h13-14H,6-12,18H2,1-5H3,(H,19,22)(H,20,21)/t14-/m1/s1. The van der Waals surface area contributed by atoms with Crippen molar-refractivity contribution in [2.24, 2.45) is 11.7 Å². The summed E-state index contributed by atoms with van der Waals surface area (Å²) in [6.45, 7) is 10.4. The monoisotopic (exact) mass is 345 g/mol. The average molecular weight is 345 g/mol. The molecule has 0 fully saturated rings. The minimum absolute atomic E-state index is 0.243. The van der Waals surface area contributed by atoms with Gasteiger partial charge < -0.3 is 15.8 Å². The molecule has 0 aliphatic rings. The molecule has 0 aliphatic carbocycles. The Bertz CT molecular complexity index is 367. The minimum atomic E-state index is -0.683. The van der Waals surface area contributed by atoms with Crippen molar-refractivity contribution in [2.45, 2.75) is 78.4 Å². The molecule has 2 amide bonds. The lowest BCUT2D eigenvalue weighted by Crippen LogP contribution is -2.48. The highest BCUT2D eigenvalue weighted by molar-refractivity contribution is 5.84. The molecule has 1 atom stereocenters. The molecule has 7 heteroatoms. The van der Waals surface area contributed by atoms with Crippen molar-refractivity contribution in [1.29, 1.82) is 0 Å². The Morgan fingerprint density at radius 2 is 1.71 bits per heavy atom. The van der Waals surface area contributed by atoms with Gasteiger partial charge >= 0.3 is 6.09 Å². The van der Waals surface area contributed by atoms with Crippen LogP contribution in [0.5, 0.6) is 0 Å². The number of nitrogens with one attached hydrogen (secondary N) is 2. The Hall–Kier alpha value is -1.34. The fourth-order valence-corrected chi connectivity index (χ4v) is 2.02. The number of carbonyl (C=O) groups is 2. The molecule has 0 aromatic carbocycles. The number of nitrogens with two attached hydrogens (primary N) is 1. The van der Waals surface area contributed by atoms with Crippen molar-refractivity contribution in [3.63, 3.8) is 0 Å². The van der Waals surface area contributed by atoms with Crippen LogP contribution in [0.15, 0.2) is 0 Å². The van der Waals surface area contributed by atoms with Crippen LogP contribution in [0.1, 0.15) is 66.7 Å². The second-order valence-electron chi connectivity index (χ2n) is 7.35. The van der Waals surface area contributed by atoms with Crippen LogP contribution in [0.4, 0.5) is 4.79 Å². The Morgan fingerprint density at radius 1 is 1.08 bits per heavy atom. The number of alkyl carbamates (subject to hydrolysis) is 1. The Balaban J connectivity index is 4.23. The fraction of sp³-hybridized carbons (Fsp3) is 0.882. The third kappa shape index (κ3) is 13.1. The smallest absolute Gasteiger partial charge is 0.408 e. The molecule has 0 saturated heterocycles. The molecule has 0 spiro atoms. The van der Waals surface area contributed by atoms with Gasteiger partial charge in [-0.25, -0.2) is 10.3 Å². The maximum Gasteiger partial charge on any atom is 0.408 e. The van der Waals surface area contributed by atoms with E-state index in [1.54, 1.807) is 20.8 Å². The molecule has 0 aromatic rings. The molecule has 0 bridgehead atoms. The van der Waals surface area contributed by atoms with E-state index in [1.807, 2.05) is 13.8 Å². The first-order valence-electron chi connectivity index (χ1n) is 8.77. The zero-order valence-electron chi connectivity index (χ0n) is 15.8. The largest absolute Gasteiger partial charge is 0.444 e. The van der Waals surface area contributed by atoms with E-state index < -0.39 is 17.7 Å². The van der Waals surface area contributed by atoms with Crippen LogP contribution in [0.3, 0.4) is 0 Å². The van der Waals surface area contributed by atoms with Crippen LogP contribution in [0, 0.1) is 5.92 Å². The van der Waals surface area contributed by atoms with Gasteiger partial charge in [0.25, 0.3) is 5.91 Å². The number of hydrogen-bond acceptors (Lipinski definition) is 5. The van der Waals surface area contributed by atoms with E-state index >= 15 is 0 Å². The topological polar surface area (TPSA) is 103 Å². The molecule has 0 aromatic heterocycles. The van der Waals surface area contributed by atoms with Gasteiger partial charge in [-0.05, 0) is 52.5 Å². The number of unbranched alkanes of at least 4 members (excludes halogenated alkanes) is 3. The summed E-state index contributed by atoms with van der Waals surface area (Å²) < 4.78 is 5.20. The Kier molecular flexibility index (Phi) is 11.4. The van der Waals surface area contributed by atoms with E-state index in [2.05, 4.69) is 10.8 Å². The van der Waals surface area contributed by atoms with Crippen LogP contribution in [-0.2, 0) is 14.4 Å². The molecule has 0 unspecified atom stereocenters. The lowest BCUT2D eigenvalue weighted by molar-refractivity contribution is -0.136. The number of ether oxygens (including phenoxy) is 1. The first-order chi connectivity index (χ1) is 11.2. The number of carbonyl (C=O) groups excluding carboxylic acids is 2. The number of hydrogen-bond donors (Lipinski definition) is 3. The summed E-state index contributed by atoms with van der Waals surface area (Å²) in [6, 6.07) is -0.683. The highest BCUT2D eigenvalue weighted by atomic mass is 16.7. The first kappa shape index (κ1) is 22.7. The summed E-state index contributed by atoms with van der Waals surface area (Å²) in [5.74, 6) is -0.122. The van der Waals surface area contributed by atoms with E-state index in [9.17, 15) is 9.59 Å². The maximum absolute atomic E-state index is 12.2. The predicted octanol–water partition coefficient (Wildman–Crippen LogP) is 2.49. The van der Waals surface area contributed by atoms with Crippen LogP contribution < -0.4 is 16.5 Å². The molecule has 0 saturated carbocycles. The van der Waals surface area contributed by atoms with Gasteiger partial charge in [-0.2, -0.15) is 0 Å². The molecular weight excluding hydrogens is 310 g/mol. The molecule has 0 aliphatic heterocycles. The van der Waals surface area contributed by atoms with Gasteiger partial charge in [0.1, 0.15) is 11.6 Å². The summed E-state index contributed by atoms with van der Waals surface area (Å²) in [6.07, 6.45) is 3.83. The van der Waals surface area contributed by atoms with Crippen molar-refractivity contribution < 1.29 is 19.2 Å². The highest BCUT2D eigenvalue weighted by Gasteiger charge is 2.25. The molecule has 0 heterocycles. The van der Waals surface area contributed by atoms with Gasteiger partial charge in [0.2, 0.25) is 0 Å². The van der Waals surface area contributed by atoms with Crippen molar-refractivity contribution in [1.82, 2.24) is 10.8 Å². The highest BCUT2D eigenvalue weighted by Crippen LogP contribution is 2.09. The van der Waals surface area contributed by atoms with E-state index in [0.29, 0.717) is 19.6 Å². The van der Waals surface area contributed by atoms with Crippen LogP contribution in [0.25, 0.3) is 0 Å². The van der Waals surface area contributed by atoms with Gasteiger partial charge in [-0.1, -0.05) is 26.7 Å². The zero-order valence-corrected chi connectivity index (χ0v) is 15.8. The molecule has 24 heavy (non-hydrogen) atoms. The van der Waals surface area contributed by atoms with E-state index in [0.717, 1.165) is 25.7 Å². The molecule has 7 nitrogen and oxygen atoms in total. The van der Waals surface area contributed by atoms with Crippen LogP contribution >= 0.6 is 0 Å². The van der Waals surface area contributed by atoms with Gasteiger partial charge in [0.05, 0.1) is 6.61 Å². The van der Waals surface area contributed by atoms with E-state index in [1.165, 1.54) is 0 Å². The summed E-state index contributed by atoms with van der Waals surface area (Å²) >= 11 is 0. The average Bonchev–Trinajstić information content (AvgIpc) is 2.42. The van der Waals surface area contributed by atoms with Crippen molar-refractivity contribution in [3.8, 4) is 0 Å². The fourth-order valence-electron chi connectivity index (χ4n) is 2.02. The van der Waals surface area contributed by atoms with Crippen LogP contribution in [-0.4, -0.2) is 36.8 Å². The van der Waals surface area contributed by atoms with Crippen molar-refractivity contribution >= 4 is 12.0 Å². The maximum atomic E-state index is 12.2. The molecule has 4 N–H and O–H groups in total. The lowest BCUT2D eigenvalue weighted by atomic mass is 10.0. The normalized spacial score (nSPS) is 12.8. The molecule has 0 rings (SSSR count). The van der Waals surface area contributed by atoms with Crippen molar-refractivity contribution in [3.05, 3.63) is 0 Å². The summed E-state index contributed by atoms with van der Waals surface area (Å²) in [5.41, 5.74) is 7.23. The van der Waals surface area contributed by atoms with Gasteiger partial charge in [0, 0.05) is 0 Å². The van der Waals surface area contributed by atoms with Crippen molar-refractivity contribution in [2.75, 3.05) is 13.2 Å². The molecular formula is C17H35N3O4. The second kappa shape index (κ2) is 12.1. The summed E-state index contributed by atoms with van der Waals surface area (Å²) in [4.78, 5) is 29.3. The molecule has 142 valence electrons. The Labute approximate surface area is 146 Å². The summed E-state index contributed by atoms with van der Waals surface area (Å²) in [7, 11) is 0. The number of amides is 2. The first-order valence-corrected chi connectivity index (χ1v) is 8.77. The molecule has 0 radical (unpaired) electrons. The third-order valence-electron chi connectivity index (χ3n) is 3.09. The van der Waals surface area contributed by atoms with Gasteiger partial charge in [-0.3, -0.25) is 9.63 Å². The van der Waals surface area contributed by atoms with Gasteiger partial charge in [-0.15, -0.1) is 0 Å². The third-order valence-corrected chi connectivity index (χ3v) is 3.09. The van der Waals surface area contributed by atoms with Crippen LogP contribution in [0.2, 0.25) is 0 Å². The SMILES string of the molecule is CC(C)C[C@@H](NC(=O)OC(C)(C)C)C(=O)NOCCCCCCN. The number of hydroxylamine groups is 1. The van der Waals surface area contributed by atoms with E-state index in [4.69, 9.17) is 15.3 Å². The minimum Gasteiger partial charge on any atom is -0.444 e. The Morgan fingerprint density at radius 3 is 2.25 bits per heavy atom. The van der Waals surface area contributed by atoms with Gasteiger partial charge in [0.15, 0.2) is 0 Å². The quantitative estimate of drug-likeness (QED) is 0.394.